The second kappa shape index (κ2) is 18.8. The van der Waals surface area contributed by atoms with Gasteiger partial charge in [-0.1, -0.05) is 78.9 Å². The van der Waals surface area contributed by atoms with E-state index < -0.39 is 108 Å². The number of likely N-dealkylation sites (N-methyl/N-ethyl adjacent to an activating group) is 1. The molecule has 2 bridgehead atoms. The van der Waals surface area contributed by atoms with Gasteiger partial charge in [0.1, 0.15) is 41.5 Å². The van der Waals surface area contributed by atoms with E-state index in [1.54, 1.807) is 69.3 Å². The van der Waals surface area contributed by atoms with Crippen LogP contribution in [0.3, 0.4) is 0 Å². The summed E-state index contributed by atoms with van der Waals surface area (Å²) in [5, 5.41) is 14.6. The van der Waals surface area contributed by atoms with E-state index in [4.69, 9.17) is 23.8 Å². The van der Waals surface area contributed by atoms with Crippen molar-refractivity contribution < 1.29 is 70.8 Å². The van der Waals surface area contributed by atoms with Gasteiger partial charge in [0, 0.05) is 45.2 Å². The fraction of sp³-hybridized carbons (Fsp3) is 0.490. The number of carbonyl (C=O) groups is 5. The lowest BCUT2D eigenvalue weighted by atomic mass is 9.62. The number of fused-ring (bicyclic) bond motifs is 5. The van der Waals surface area contributed by atoms with Crippen LogP contribution in [-0.2, 0) is 78.3 Å². The smallest absolute Gasteiger partial charge is 0.422 e. The van der Waals surface area contributed by atoms with Crippen molar-refractivity contribution >= 4 is 35.8 Å². The fourth-order valence-corrected chi connectivity index (χ4v) is 10.0. The van der Waals surface area contributed by atoms with Gasteiger partial charge < -0.3 is 39.0 Å². The molecule has 8 unspecified atom stereocenters. The first kappa shape index (κ1) is 47.8. The van der Waals surface area contributed by atoms with Gasteiger partial charge in [-0.2, -0.15) is 18.2 Å². The summed E-state index contributed by atoms with van der Waals surface area (Å²) in [6.45, 7) is 2.76. The van der Waals surface area contributed by atoms with Crippen LogP contribution in [0, 0.1) is 5.41 Å². The molecule has 1 saturated carbocycles. The number of aliphatic hydroxyl groups excluding tert-OH is 1. The molecule has 2 amide bonds. The Hall–Kier alpha value is -5.66. The third kappa shape index (κ3) is 10.1. The summed E-state index contributed by atoms with van der Waals surface area (Å²) >= 11 is 0. The highest BCUT2D eigenvalue weighted by Gasteiger charge is 2.77. The maximum absolute atomic E-state index is 15.8. The van der Waals surface area contributed by atoms with Gasteiger partial charge in [0.2, 0.25) is 11.8 Å². The highest BCUT2D eigenvalue weighted by molar-refractivity contribution is 5.96. The Balaban J connectivity index is 1.13. The Morgan fingerprint density at radius 1 is 0.955 bits per heavy atom. The number of rotatable bonds is 15. The van der Waals surface area contributed by atoms with Crippen LogP contribution in [0.25, 0.3) is 6.08 Å². The van der Waals surface area contributed by atoms with Crippen LogP contribution in [-0.4, -0.2) is 125 Å². The van der Waals surface area contributed by atoms with E-state index in [0.717, 1.165) is 17.2 Å². The molecule has 2 aliphatic carbocycles. The summed E-state index contributed by atoms with van der Waals surface area (Å²) in [6.07, 6.45) is -5.78. The molecule has 8 atom stereocenters. The Morgan fingerprint density at radius 3 is 2.28 bits per heavy atom. The van der Waals surface area contributed by atoms with Crippen LogP contribution < -0.4 is 5.32 Å². The molecule has 0 radical (unpaired) electrons. The molecule has 3 aromatic rings. The first-order chi connectivity index (χ1) is 31.8. The number of nitrogens with zero attached hydrogens (tertiary/aromatic N) is 2. The quantitative estimate of drug-likeness (QED) is 0.123. The number of carbonyl (C=O) groups excluding carboxylic acids is 5. The predicted octanol–water partition coefficient (Wildman–Crippen LogP) is 4.55. The lowest BCUT2D eigenvalue weighted by Crippen LogP contribution is -2.70. The highest BCUT2D eigenvalue weighted by atomic mass is 19.4. The lowest BCUT2D eigenvalue weighted by molar-refractivity contribution is -0.218. The van der Waals surface area contributed by atoms with Gasteiger partial charge in [-0.15, -0.1) is 0 Å². The van der Waals surface area contributed by atoms with Crippen LogP contribution in [0.1, 0.15) is 67.9 Å². The topological polar surface area (TPSA) is 179 Å². The summed E-state index contributed by atoms with van der Waals surface area (Å²) in [6, 6.07) is 20.0. The van der Waals surface area contributed by atoms with Crippen LogP contribution in [0.5, 0.6) is 0 Å². The van der Waals surface area contributed by atoms with Gasteiger partial charge in [0.15, 0.2) is 18.4 Å². The average Bonchev–Trinajstić information content (AvgIpc) is 3.96. The number of nitrogens with one attached hydrogen (secondary N) is 1. The van der Waals surface area contributed by atoms with Gasteiger partial charge >= 0.3 is 24.1 Å². The van der Waals surface area contributed by atoms with Gasteiger partial charge in [-0.3, -0.25) is 24.0 Å². The van der Waals surface area contributed by atoms with E-state index in [2.05, 4.69) is 10.1 Å². The monoisotopic (exact) mass is 933 g/mol. The second-order valence-corrected chi connectivity index (χ2v) is 18.8. The Morgan fingerprint density at radius 2 is 1.61 bits per heavy atom. The molecular formula is C49H54F3N3O12. The van der Waals surface area contributed by atoms with E-state index in [0.29, 0.717) is 29.5 Å². The van der Waals surface area contributed by atoms with Crippen molar-refractivity contribution in [1.82, 2.24) is 15.3 Å². The Labute approximate surface area is 385 Å². The molecule has 2 N–H and O–H groups in total. The minimum absolute atomic E-state index is 0.0289. The van der Waals surface area contributed by atoms with E-state index >= 15 is 4.79 Å². The number of amides is 2. The third-order valence-electron chi connectivity index (χ3n) is 12.9. The Bertz CT molecular complexity index is 2370. The van der Waals surface area contributed by atoms with Crippen LogP contribution in [0.2, 0.25) is 0 Å². The van der Waals surface area contributed by atoms with Crippen molar-refractivity contribution in [2.24, 2.45) is 5.41 Å². The van der Waals surface area contributed by atoms with E-state index in [-0.39, 0.29) is 32.2 Å². The minimum atomic E-state index is -4.72. The number of hydroxylamine groups is 2. The molecule has 5 aliphatic rings. The Kier molecular flexibility index (Phi) is 13.4. The van der Waals surface area contributed by atoms with Gasteiger partial charge in [0.05, 0.1) is 19.2 Å². The molecule has 0 aromatic heterocycles. The summed E-state index contributed by atoms with van der Waals surface area (Å²) in [7, 11) is 1.48. The summed E-state index contributed by atoms with van der Waals surface area (Å²) in [5.41, 5.74) is 1.14. The van der Waals surface area contributed by atoms with E-state index in [1.807, 2.05) is 30.3 Å². The molecule has 358 valence electrons. The number of benzene rings is 3. The molecule has 1 spiro atoms. The largest absolute Gasteiger partial charge is 0.460 e. The standard InChI is InChI=1S/C49H54F3N3O12/c1-46(2,3)64-38(58)21-19-34(27-56)53-43(59)35(22-29-12-6-5-7-13-29)54(4)45(61)48-25-36-39-40(66-47(65-39)23-31-15-9-10-16-32(31)24-47)42(48)67-55(41(48)44(60)63-36)26-33-17-11-8-14-30(33)18-20-37(57)62-28-49(50,51)52/h5-18,20,34-36,39-42,56H,19,21-28H2,1-4H3,(H,53,59). The highest BCUT2D eigenvalue weighted by Crippen LogP contribution is 2.59. The van der Waals surface area contributed by atoms with Crippen LogP contribution in [0.15, 0.2) is 84.9 Å². The first-order valence-electron chi connectivity index (χ1n) is 22.3. The van der Waals surface area contributed by atoms with Crippen LogP contribution >= 0.6 is 0 Å². The van der Waals surface area contributed by atoms with Crippen molar-refractivity contribution in [3.8, 4) is 0 Å². The summed E-state index contributed by atoms with van der Waals surface area (Å²) in [4.78, 5) is 77.9. The average molecular weight is 934 g/mol. The maximum atomic E-state index is 15.8. The zero-order chi connectivity index (χ0) is 47.9. The van der Waals surface area contributed by atoms with Gasteiger partial charge in [-0.05, 0) is 61.1 Å². The predicted molar refractivity (Wildman–Crippen MR) is 231 cm³/mol. The SMILES string of the molecule is CN(C(=O)C12CC3OC(=O)C1N(Cc1ccccc1C=CC(=O)OCC(F)(F)F)OC2C1OC2(Cc4ccccc4C2)OC31)C(Cc1ccccc1)C(=O)NC(CO)CCC(=O)OC(C)(C)C. The van der Waals surface area contributed by atoms with Crippen molar-refractivity contribution in [3.05, 3.63) is 113 Å². The van der Waals surface area contributed by atoms with Gasteiger partial charge in [-0.25, -0.2) is 4.79 Å². The summed E-state index contributed by atoms with van der Waals surface area (Å²) in [5.74, 6) is -4.91. The number of aliphatic hydroxyl groups is 1. The number of ether oxygens (including phenoxy) is 5. The number of alkyl halides is 3. The molecule has 3 aliphatic heterocycles. The lowest BCUT2D eigenvalue weighted by Gasteiger charge is -2.50. The molecule has 4 fully saturated rings. The molecule has 18 heteroatoms. The molecule has 8 rings (SSSR count). The zero-order valence-corrected chi connectivity index (χ0v) is 37.5. The molecule has 3 heterocycles. The number of hydrogen-bond acceptors (Lipinski definition) is 13. The zero-order valence-electron chi connectivity index (χ0n) is 37.5. The summed E-state index contributed by atoms with van der Waals surface area (Å²) < 4.78 is 67.9. The number of esters is 3. The van der Waals surface area contributed by atoms with Crippen LogP contribution in [0.4, 0.5) is 13.2 Å². The number of hydrogen-bond donors (Lipinski definition) is 2. The molecule has 67 heavy (non-hydrogen) atoms. The van der Waals surface area contributed by atoms with Crippen molar-refractivity contribution in [1.29, 1.82) is 0 Å². The second-order valence-electron chi connectivity index (χ2n) is 18.8. The minimum Gasteiger partial charge on any atom is -0.460 e. The van der Waals surface area contributed by atoms with Crippen molar-refractivity contribution in [2.45, 2.75) is 126 Å². The van der Waals surface area contributed by atoms with Crippen molar-refractivity contribution in [3.63, 3.8) is 0 Å². The molecular weight excluding hydrogens is 880 g/mol. The maximum Gasteiger partial charge on any atom is 0.422 e. The van der Waals surface area contributed by atoms with E-state index in [9.17, 15) is 37.5 Å². The third-order valence-corrected chi connectivity index (χ3v) is 12.9. The molecule has 3 aromatic carbocycles. The molecule has 15 nitrogen and oxygen atoms in total. The van der Waals surface area contributed by atoms with Crippen molar-refractivity contribution in [2.75, 3.05) is 20.3 Å². The fourth-order valence-electron chi connectivity index (χ4n) is 10.0. The van der Waals surface area contributed by atoms with E-state index in [1.165, 1.54) is 23.1 Å². The number of halogens is 3. The molecule has 3 saturated heterocycles. The first-order valence-corrected chi connectivity index (χ1v) is 22.3. The normalized spacial score (nSPS) is 25.8. The van der Waals surface area contributed by atoms with Gasteiger partial charge in [0.25, 0.3) is 0 Å².